The Labute approximate surface area is 60.5 Å². The molecule has 0 saturated heterocycles. The number of hydrogen-bond acceptors (Lipinski definition) is 1. The minimum atomic E-state index is -0.536. The first-order valence-corrected chi connectivity index (χ1v) is 5.99. The highest BCUT2D eigenvalue weighted by atomic mass is 28.3. The van der Waals surface area contributed by atoms with Gasteiger partial charge in [0.25, 0.3) is 0 Å². The summed E-state index contributed by atoms with van der Waals surface area (Å²) in [6.07, 6.45) is 1.34. The Kier molecular flexibility index (Phi) is 5.10. The van der Waals surface area contributed by atoms with Gasteiger partial charge in [-0.1, -0.05) is 27.2 Å². The molecule has 0 aromatic rings. The zero-order valence-electron chi connectivity index (χ0n) is 7.07. The molecule has 0 aromatic carbocycles. The molecule has 0 heterocycles. The molecular weight excluding hydrogens is 126 g/mol. The molecule has 0 amide bonds. The lowest BCUT2D eigenvalue weighted by atomic mass is 10.4. The van der Waals surface area contributed by atoms with Crippen molar-refractivity contribution >= 4 is 8.96 Å². The van der Waals surface area contributed by atoms with Crippen molar-refractivity contribution in [2.24, 2.45) is 0 Å². The maximum absolute atomic E-state index is 3.44. The Bertz CT molecular complexity index is 61.9. The molecule has 0 saturated carbocycles. The summed E-state index contributed by atoms with van der Waals surface area (Å²) in [5, 5.41) is 0. The van der Waals surface area contributed by atoms with E-state index in [1.54, 1.807) is 0 Å². The van der Waals surface area contributed by atoms with Crippen LogP contribution in [0.3, 0.4) is 0 Å². The zero-order chi connectivity index (χ0) is 7.28. The lowest BCUT2D eigenvalue weighted by Crippen LogP contribution is -2.33. The highest BCUT2D eigenvalue weighted by Crippen LogP contribution is 2.13. The molecule has 1 nitrogen and oxygen atoms in total. The fraction of sp³-hybridized carbons (Fsp3) is 1.00. The van der Waals surface area contributed by atoms with E-state index in [1.807, 2.05) is 0 Å². The normalized spacial score (nSPS) is 17.3. The molecular formula is C7H19NSi. The largest absolute Gasteiger partial charge is 0.342 e. The van der Waals surface area contributed by atoms with Gasteiger partial charge in [-0.05, 0) is 18.6 Å². The fourth-order valence-electron chi connectivity index (χ4n) is 1.18. The SMILES string of the molecule is CCC(C)[SiH](CC)NC. The van der Waals surface area contributed by atoms with Crippen molar-refractivity contribution in [3.8, 4) is 0 Å². The average molecular weight is 145 g/mol. The van der Waals surface area contributed by atoms with Crippen molar-refractivity contribution in [3.05, 3.63) is 0 Å². The Morgan fingerprint density at radius 2 is 2.00 bits per heavy atom. The second-order valence-corrected chi connectivity index (χ2v) is 6.43. The predicted octanol–water partition coefficient (Wildman–Crippen LogP) is 1.75. The highest BCUT2D eigenvalue weighted by Gasteiger charge is 2.11. The van der Waals surface area contributed by atoms with Gasteiger partial charge in [0.15, 0.2) is 0 Å². The van der Waals surface area contributed by atoms with Crippen LogP contribution >= 0.6 is 0 Å². The summed E-state index contributed by atoms with van der Waals surface area (Å²) in [5.41, 5.74) is 0.958. The molecule has 0 rings (SSSR count). The molecule has 0 aromatic heterocycles. The first-order chi connectivity index (χ1) is 4.26. The Hall–Kier alpha value is 0.177. The van der Waals surface area contributed by atoms with Crippen molar-refractivity contribution in [1.29, 1.82) is 0 Å². The van der Waals surface area contributed by atoms with E-state index in [9.17, 15) is 0 Å². The van der Waals surface area contributed by atoms with E-state index in [0.29, 0.717) is 0 Å². The van der Waals surface area contributed by atoms with Crippen LogP contribution in [-0.4, -0.2) is 16.0 Å². The van der Waals surface area contributed by atoms with Gasteiger partial charge in [0.05, 0.1) is 0 Å². The molecule has 2 unspecified atom stereocenters. The van der Waals surface area contributed by atoms with Crippen LogP contribution < -0.4 is 4.98 Å². The Morgan fingerprint density at radius 1 is 1.44 bits per heavy atom. The third-order valence-electron chi connectivity index (χ3n) is 2.14. The first kappa shape index (κ1) is 9.18. The third-order valence-corrected chi connectivity index (χ3v) is 5.61. The Balaban J connectivity index is 3.50. The van der Waals surface area contributed by atoms with Crippen molar-refractivity contribution < 1.29 is 0 Å². The molecule has 56 valence electrons. The van der Waals surface area contributed by atoms with Crippen molar-refractivity contribution in [2.45, 2.75) is 38.8 Å². The van der Waals surface area contributed by atoms with Gasteiger partial charge in [-0.25, -0.2) is 0 Å². The fourth-order valence-corrected chi connectivity index (χ4v) is 3.53. The van der Waals surface area contributed by atoms with Crippen LogP contribution in [0, 0.1) is 0 Å². The van der Waals surface area contributed by atoms with Gasteiger partial charge in [-0.3, -0.25) is 0 Å². The predicted molar refractivity (Wildman–Crippen MR) is 46.4 cm³/mol. The van der Waals surface area contributed by atoms with Gasteiger partial charge >= 0.3 is 0 Å². The summed E-state index contributed by atoms with van der Waals surface area (Å²) < 4.78 is 0. The third kappa shape index (κ3) is 3.01. The summed E-state index contributed by atoms with van der Waals surface area (Å²) in [6.45, 7) is 6.92. The smallest absolute Gasteiger partial charge is 0.111 e. The number of nitrogens with one attached hydrogen (secondary N) is 1. The van der Waals surface area contributed by atoms with Crippen LogP contribution in [0.2, 0.25) is 11.6 Å². The summed E-state index contributed by atoms with van der Waals surface area (Å²) in [7, 11) is 1.57. The monoisotopic (exact) mass is 145 g/mol. The van der Waals surface area contributed by atoms with Gasteiger partial charge in [-0.15, -0.1) is 0 Å². The van der Waals surface area contributed by atoms with E-state index >= 15 is 0 Å². The molecule has 2 heteroatoms. The maximum atomic E-state index is 3.44. The Morgan fingerprint density at radius 3 is 2.11 bits per heavy atom. The molecule has 0 aliphatic carbocycles. The van der Waals surface area contributed by atoms with Gasteiger partial charge in [-0.2, -0.15) is 0 Å². The molecule has 1 N–H and O–H groups in total. The average Bonchev–Trinajstić information content (AvgIpc) is 1.90. The van der Waals surface area contributed by atoms with E-state index in [4.69, 9.17) is 0 Å². The van der Waals surface area contributed by atoms with Crippen molar-refractivity contribution in [2.75, 3.05) is 7.05 Å². The minimum absolute atomic E-state index is 0.536. The lowest BCUT2D eigenvalue weighted by molar-refractivity contribution is 0.828. The van der Waals surface area contributed by atoms with Crippen LogP contribution in [-0.2, 0) is 0 Å². The van der Waals surface area contributed by atoms with Gasteiger partial charge < -0.3 is 4.98 Å². The van der Waals surface area contributed by atoms with Crippen molar-refractivity contribution in [3.63, 3.8) is 0 Å². The maximum Gasteiger partial charge on any atom is 0.111 e. The number of hydrogen-bond donors (Lipinski definition) is 1. The standard InChI is InChI=1S/C7H19NSi/c1-5-7(3)9(6-2)8-4/h7-9H,5-6H2,1-4H3. The van der Waals surface area contributed by atoms with Crippen molar-refractivity contribution in [1.82, 2.24) is 4.98 Å². The van der Waals surface area contributed by atoms with E-state index in [1.165, 1.54) is 12.5 Å². The summed E-state index contributed by atoms with van der Waals surface area (Å²) >= 11 is 0. The highest BCUT2D eigenvalue weighted by molar-refractivity contribution is 6.57. The second-order valence-electron chi connectivity index (χ2n) is 2.69. The molecule has 0 radical (unpaired) electrons. The summed E-state index contributed by atoms with van der Waals surface area (Å²) in [5.74, 6) is 0. The van der Waals surface area contributed by atoms with E-state index in [2.05, 4.69) is 32.8 Å². The van der Waals surface area contributed by atoms with Crippen LogP contribution in [0.15, 0.2) is 0 Å². The lowest BCUT2D eigenvalue weighted by Gasteiger charge is -2.17. The van der Waals surface area contributed by atoms with Crippen LogP contribution in [0.1, 0.15) is 27.2 Å². The molecule has 0 aliphatic rings. The van der Waals surface area contributed by atoms with Gasteiger partial charge in [0, 0.05) is 0 Å². The quantitative estimate of drug-likeness (QED) is 0.594. The molecule has 9 heavy (non-hydrogen) atoms. The van der Waals surface area contributed by atoms with Crippen LogP contribution in [0.5, 0.6) is 0 Å². The molecule has 0 spiro atoms. The topological polar surface area (TPSA) is 12.0 Å². The van der Waals surface area contributed by atoms with E-state index < -0.39 is 8.96 Å². The first-order valence-electron chi connectivity index (χ1n) is 3.93. The number of rotatable bonds is 4. The summed E-state index contributed by atoms with van der Waals surface area (Å²) in [4.78, 5) is 3.44. The van der Waals surface area contributed by atoms with Gasteiger partial charge in [0.2, 0.25) is 0 Å². The molecule has 0 aliphatic heterocycles. The van der Waals surface area contributed by atoms with E-state index in [-0.39, 0.29) is 0 Å². The summed E-state index contributed by atoms with van der Waals surface area (Å²) in [6, 6.07) is 1.38. The zero-order valence-corrected chi connectivity index (χ0v) is 8.22. The molecule has 0 fully saturated rings. The second kappa shape index (κ2) is 5.00. The molecule has 0 bridgehead atoms. The minimum Gasteiger partial charge on any atom is -0.342 e. The van der Waals surface area contributed by atoms with Gasteiger partial charge in [0.1, 0.15) is 8.96 Å². The molecule has 2 atom stereocenters. The van der Waals surface area contributed by atoms with Crippen LogP contribution in [0.25, 0.3) is 0 Å². The van der Waals surface area contributed by atoms with Crippen LogP contribution in [0.4, 0.5) is 0 Å². The van der Waals surface area contributed by atoms with E-state index in [0.717, 1.165) is 5.54 Å².